The summed E-state index contributed by atoms with van der Waals surface area (Å²) in [6, 6.07) is 13.2. The number of nitrogens with one attached hydrogen (secondary N) is 2. The minimum Gasteiger partial charge on any atom is -0.504 e. The summed E-state index contributed by atoms with van der Waals surface area (Å²) in [7, 11) is 1.40. The number of para-hydroxylation sites is 2. The molecule has 2 aromatic heterocycles. The van der Waals surface area contributed by atoms with Gasteiger partial charge in [-0.2, -0.15) is 0 Å². The Morgan fingerprint density at radius 2 is 2.00 bits per heavy atom. The lowest BCUT2D eigenvalue weighted by Gasteiger charge is -2.18. The number of aryl methyl sites for hydroxylation is 1. The van der Waals surface area contributed by atoms with Gasteiger partial charge in [-0.3, -0.25) is 9.59 Å². The van der Waals surface area contributed by atoms with E-state index >= 15 is 0 Å². The number of imidazole rings is 1. The fourth-order valence-corrected chi connectivity index (χ4v) is 3.66. The first-order valence-corrected chi connectivity index (χ1v) is 10.3. The monoisotopic (exact) mass is 449 g/mol. The zero-order chi connectivity index (χ0) is 23.5. The van der Waals surface area contributed by atoms with E-state index in [0.717, 1.165) is 11.0 Å². The lowest BCUT2D eigenvalue weighted by Crippen LogP contribution is -2.26. The van der Waals surface area contributed by atoms with Crippen LogP contribution in [-0.4, -0.2) is 33.2 Å². The number of rotatable bonds is 7. The number of aromatic hydroxyl groups is 2. The predicted molar refractivity (Wildman–Crippen MR) is 120 cm³/mol. The summed E-state index contributed by atoms with van der Waals surface area (Å²) in [5, 5.41) is 23.2. The van der Waals surface area contributed by atoms with Crippen LogP contribution in [0.3, 0.4) is 0 Å². The Balaban J connectivity index is 1.62. The second-order valence-electron chi connectivity index (χ2n) is 7.60. The Kier molecular flexibility index (Phi) is 6.03. The molecule has 0 saturated carbocycles. The molecule has 4 rings (SSSR count). The first kappa shape index (κ1) is 21.9. The van der Waals surface area contributed by atoms with Crippen molar-refractivity contribution in [3.8, 4) is 17.2 Å². The van der Waals surface area contributed by atoms with Crippen molar-refractivity contribution in [2.75, 3.05) is 7.11 Å². The number of phenols is 1. The zero-order valence-corrected chi connectivity index (χ0v) is 18.1. The van der Waals surface area contributed by atoms with Crippen LogP contribution in [0, 0.1) is 6.92 Å². The van der Waals surface area contributed by atoms with Gasteiger partial charge >= 0.3 is 0 Å². The number of ether oxygens (including phenoxy) is 1. The first-order valence-electron chi connectivity index (χ1n) is 10.3. The third kappa shape index (κ3) is 4.67. The number of fused-ring (bicyclic) bond motifs is 1. The van der Waals surface area contributed by atoms with Crippen LogP contribution < -0.4 is 15.5 Å². The second-order valence-corrected chi connectivity index (χ2v) is 7.60. The summed E-state index contributed by atoms with van der Waals surface area (Å²) in [6.45, 7) is 1.75. The molecule has 1 atom stereocenters. The first-order chi connectivity index (χ1) is 15.9. The summed E-state index contributed by atoms with van der Waals surface area (Å²) in [6.07, 6.45) is -0.131. The van der Waals surface area contributed by atoms with Gasteiger partial charge in [0.15, 0.2) is 17.3 Å². The number of hydrogen-bond donors (Lipinski definition) is 4. The summed E-state index contributed by atoms with van der Waals surface area (Å²) in [5.41, 5.74) is 1.57. The van der Waals surface area contributed by atoms with E-state index < -0.39 is 17.1 Å². The number of carbonyl (C=O) groups excluding carboxylic acids is 1. The number of aromatic amines is 1. The molecule has 0 fully saturated rings. The summed E-state index contributed by atoms with van der Waals surface area (Å²) in [5.74, 6) is -0.754. The molecule has 4 aromatic rings. The third-order valence-corrected chi connectivity index (χ3v) is 5.28. The Hall–Kier alpha value is -4.27. The Labute approximate surface area is 188 Å². The molecule has 0 spiro atoms. The van der Waals surface area contributed by atoms with Gasteiger partial charge in [-0.25, -0.2) is 4.98 Å². The molecular weight excluding hydrogens is 426 g/mol. The summed E-state index contributed by atoms with van der Waals surface area (Å²) >= 11 is 0. The Morgan fingerprint density at radius 3 is 2.76 bits per heavy atom. The molecule has 0 bridgehead atoms. The molecule has 0 saturated heterocycles. The molecule has 9 heteroatoms. The highest BCUT2D eigenvalue weighted by Gasteiger charge is 2.26. The van der Waals surface area contributed by atoms with Gasteiger partial charge in [0.2, 0.25) is 17.1 Å². The molecule has 0 radical (unpaired) electrons. The van der Waals surface area contributed by atoms with Gasteiger partial charge in [0, 0.05) is 12.5 Å². The van der Waals surface area contributed by atoms with E-state index in [-0.39, 0.29) is 36.1 Å². The number of amides is 1. The van der Waals surface area contributed by atoms with Crippen LogP contribution in [0.5, 0.6) is 17.2 Å². The van der Waals surface area contributed by atoms with Gasteiger partial charge in [-0.05, 0) is 36.8 Å². The molecule has 1 amide bonds. The van der Waals surface area contributed by atoms with E-state index in [9.17, 15) is 19.8 Å². The van der Waals surface area contributed by atoms with E-state index in [1.54, 1.807) is 13.0 Å². The lowest BCUT2D eigenvalue weighted by atomic mass is 9.91. The van der Waals surface area contributed by atoms with Gasteiger partial charge < -0.3 is 29.7 Å². The average Bonchev–Trinajstić information content (AvgIpc) is 3.22. The second kappa shape index (κ2) is 9.07. The van der Waals surface area contributed by atoms with Crippen molar-refractivity contribution in [1.29, 1.82) is 0 Å². The van der Waals surface area contributed by atoms with E-state index in [0.29, 0.717) is 17.1 Å². The molecular formula is C24H23N3O6. The van der Waals surface area contributed by atoms with Crippen molar-refractivity contribution in [3.63, 3.8) is 0 Å². The van der Waals surface area contributed by atoms with Crippen LogP contribution in [0.4, 0.5) is 0 Å². The van der Waals surface area contributed by atoms with Crippen LogP contribution in [-0.2, 0) is 11.3 Å². The third-order valence-electron chi connectivity index (χ3n) is 5.28. The van der Waals surface area contributed by atoms with E-state index in [4.69, 9.17) is 9.15 Å². The number of H-pyrrole nitrogens is 1. The number of carbonyl (C=O) groups is 1. The smallest absolute Gasteiger partial charge is 0.227 e. The maximum absolute atomic E-state index is 12.9. The highest BCUT2D eigenvalue weighted by molar-refractivity contribution is 5.78. The minimum absolute atomic E-state index is 0.0355. The number of hydrogen-bond acceptors (Lipinski definition) is 7. The van der Waals surface area contributed by atoms with Gasteiger partial charge in [0.1, 0.15) is 11.6 Å². The molecule has 2 aromatic carbocycles. The number of methoxy groups -OCH3 is 1. The number of aromatic nitrogens is 2. The number of phenolic OH excluding ortho intramolecular Hbond substituents is 1. The van der Waals surface area contributed by atoms with E-state index in [1.165, 1.54) is 25.3 Å². The fourth-order valence-electron chi connectivity index (χ4n) is 3.66. The van der Waals surface area contributed by atoms with Crippen molar-refractivity contribution in [3.05, 3.63) is 81.7 Å². The Bertz CT molecular complexity index is 1340. The molecule has 2 heterocycles. The van der Waals surface area contributed by atoms with Crippen LogP contribution in [0.15, 0.2) is 57.7 Å². The van der Waals surface area contributed by atoms with E-state index in [1.807, 2.05) is 24.3 Å². The van der Waals surface area contributed by atoms with Crippen molar-refractivity contribution in [2.45, 2.75) is 25.8 Å². The standard InChI is InChI=1S/C24H23N3O6/c1-13-9-19(29)23(31)24(33-13)15(14-7-8-18(28)20(10-14)32-2)11-22(30)25-12-21-26-16-5-3-4-6-17(16)27-21/h3-10,15,28,31H,11-12H2,1-2H3,(H,25,30)(H,26,27). The van der Waals surface area contributed by atoms with Crippen molar-refractivity contribution in [1.82, 2.24) is 15.3 Å². The van der Waals surface area contributed by atoms with Gasteiger partial charge in [-0.15, -0.1) is 0 Å². The normalized spacial score (nSPS) is 11.9. The zero-order valence-electron chi connectivity index (χ0n) is 18.1. The molecule has 170 valence electrons. The molecule has 9 nitrogen and oxygen atoms in total. The van der Waals surface area contributed by atoms with Crippen LogP contribution in [0.1, 0.15) is 35.2 Å². The molecule has 0 aliphatic heterocycles. The topological polar surface area (TPSA) is 138 Å². The average molecular weight is 449 g/mol. The predicted octanol–water partition coefficient (Wildman–Crippen LogP) is 3.08. The van der Waals surface area contributed by atoms with Crippen LogP contribution in [0.2, 0.25) is 0 Å². The molecule has 0 aliphatic rings. The largest absolute Gasteiger partial charge is 0.504 e. The highest BCUT2D eigenvalue weighted by Crippen LogP contribution is 2.37. The van der Waals surface area contributed by atoms with Gasteiger partial charge in [-0.1, -0.05) is 18.2 Å². The Morgan fingerprint density at radius 1 is 1.21 bits per heavy atom. The van der Waals surface area contributed by atoms with Crippen LogP contribution in [0.25, 0.3) is 11.0 Å². The minimum atomic E-state index is -0.803. The maximum Gasteiger partial charge on any atom is 0.227 e. The SMILES string of the molecule is COc1cc(C(CC(=O)NCc2nc3ccccc3[nH]2)c2oc(C)cc(=O)c2O)ccc1O. The summed E-state index contributed by atoms with van der Waals surface area (Å²) < 4.78 is 10.8. The van der Waals surface area contributed by atoms with Gasteiger partial charge in [0.25, 0.3) is 0 Å². The van der Waals surface area contributed by atoms with Gasteiger partial charge in [0.05, 0.1) is 30.6 Å². The molecule has 33 heavy (non-hydrogen) atoms. The lowest BCUT2D eigenvalue weighted by molar-refractivity contribution is -0.121. The molecule has 0 aliphatic carbocycles. The molecule has 1 unspecified atom stereocenters. The molecule has 4 N–H and O–H groups in total. The van der Waals surface area contributed by atoms with Crippen molar-refractivity contribution >= 4 is 16.9 Å². The van der Waals surface area contributed by atoms with Crippen LogP contribution >= 0.6 is 0 Å². The summed E-state index contributed by atoms with van der Waals surface area (Å²) in [4.78, 5) is 32.6. The highest BCUT2D eigenvalue weighted by atomic mass is 16.5. The quantitative estimate of drug-likeness (QED) is 0.340. The number of benzene rings is 2. The van der Waals surface area contributed by atoms with Crippen molar-refractivity contribution in [2.24, 2.45) is 0 Å². The number of nitrogens with zero attached hydrogens (tertiary/aromatic N) is 1. The maximum atomic E-state index is 12.9. The van der Waals surface area contributed by atoms with Crippen molar-refractivity contribution < 1.29 is 24.2 Å². The van der Waals surface area contributed by atoms with E-state index in [2.05, 4.69) is 15.3 Å². The fraction of sp³-hybridized carbons (Fsp3) is 0.208.